The van der Waals surface area contributed by atoms with Crippen LogP contribution in [0.15, 0.2) is 22.7 Å². The topological polar surface area (TPSA) is 75.4 Å². The number of aromatic nitrogens is 1. The van der Waals surface area contributed by atoms with E-state index in [9.17, 15) is 9.59 Å². The summed E-state index contributed by atoms with van der Waals surface area (Å²) in [5, 5.41) is 7.09. The van der Waals surface area contributed by atoms with Crippen molar-refractivity contribution in [2.75, 3.05) is 11.4 Å². The molecule has 1 aromatic carbocycles. The first kappa shape index (κ1) is 12.7. The van der Waals surface area contributed by atoms with E-state index in [4.69, 9.17) is 4.52 Å². The predicted molar refractivity (Wildman–Crippen MR) is 73.6 cm³/mol. The van der Waals surface area contributed by atoms with Gasteiger partial charge >= 0.3 is 6.03 Å². The zero-order chi connectivity index (χ0) is 14.3. The molecule has 2 aromatic rings. The minimum atomic E-state index is -0.452. The van der Waals surface area contributed by atoms with Gasteiger partial charge in [0.1, 0.15) is 0 Å². The molecule has 1 aliphatic rings. The molecule has 0 spiro atoms. The monoisotopic (exact) mass is 273 g/mol. The first-order chi connectivity index (χ1) is 9.58. The van der Waals surface area contributed by atoms with E-state index >= 15 is 0 Å². The van der Waals surface area contributed by atoms with Crippen molar-refractivity contribution in [1.82, 2.24) is 10.5 Å². The minimum Gasteiger partial charge on any atom is -0.354 e. The molecule has 1 aliphatic heterocycles. The number of urea groups is 1. The molecular formula is C14H15N3O3. The van der Waals surface area contributed by atoms with E-state index in [2.05, 4.69) is 24.3 Å². The molecule has 104 valence electrons. The number of hydrogen-bond acceptors (Lipinski definition) is 4. The Bertz CT molecular complexity index is 690. The highest BCUT2D eigenvalue weighted by Gasteiger charge is 2.28. The summed E-state index contributed by atoms with van der Waals surface area (Å²) in [5.41, 5.74) is 1.75. The lowest BCUT2D eigenvalue weighted by Crippen LogP contribution is -2.49. The van der Waals surface area contributed by atoms with E-state index < -0.39 is 6.03 Å². The number of carbonyl (C=O) groups excluding carboxylic acids is 2. The highest BCUT2D eigenvalue weighted by Crippen LogP contribution is 2.32. The van der Waals surface area contributed by atoms with Gasteiger partial charge in [-0.1, -0.05) is 31.1 Å². The van der Waals surface area contributed by atoms with Gasteiger partial charge in [-0.05, 0) is 12.0 Å². The second-order valence-electron chi connectivity index (χ2n) is 5.14. The van der Waals surface area contributed by atoms with Crippen molar-refractivity contribution in [2.24, 2.45) is 0 Å². The van der Waals surface area contributed by atoms with Crippen LogP contribution in [-0.4, -0.2) is 23.6 Å². The quantitative estimate of drug-likeness (QED) is 0.911. The fourth-order valence-corrected chi connectivity index (χ4v) is 2.39. The van der Waals surface area contributed by atoms with Crippen LogP contribution in [0.4, 0.5) is 10.6 Å². The third-order valence-electron chi connectivity index (χ3n) is 3.44. The van der Waals surface area contributed by atoms with Gasteiger partial charge in [-0.2, -0.15) is 0 Å². The van der Waals surface area contributed by atoms with Crippen LogP contribution in [-0.2, 0) is 4.79 Å². The number of rotatable bonds is 2. The van der Waals surface area contributed by atoms with Gasteiger partial charge in [-0.25, -0.2) is 4.79 Å². The molecule has 6 heteroatoms. The lowest BCUT2D eigenvalue weighted by Gasteiger charge is -2.24. The Balaban J connectivity index is 2.07. The molecule has 0 bridgehead atoms. The van der Waals surface area contributed by atoms with E-state index in [0.29, 0.717) is 23.9 Å². The molecule has 0 radical (unpaired) electrons. The van der Waals surface area contributed by atoms with Crippen LogP contribution in [0.5, 0.6) is 0 Å². The average Bonchev–Trinajstić information content (AvgIpc) is 2.82. The minimum absolute atomic E-state index is 0.262. The SMILES string of the molecule is CC(C)c1cccc2c(N3CCC(=O)NC3=O)noc12. The van der Waals surface area contributed by atoms with Crippen LogP contribution in [0.25, 0.3) is 11.0 Å². The van der Waals surface area contributed by atoms with Crippen LogP contribution in [0.3, 0.4) is 0 Å². The van der Waals surface area contributed by atoms with Crippen molar-refractivity contribution in [2.45, 2.75) is 26.2 Å². The lowest BCUT2D eigenvalue weighted by molar-refractivity contribution is -0.120. The normalized spacial score (nSPS) is 16.1. The maximum absolute atomic E-state index is 11.9. The van der Waals surface area contributed by atoms with Gasteiger partial charge < -0.3 is 4.52 Å². The molecule has 1 N–H and O–H groups in total. The molecule has 1 aromatic heterocycles. The van der Waals surface area contributed by atoms with Gasteiger partial charge in [0.05, 0.1) is 5.39 Å². The Morgan fingerprint density at radius 3 is 2.85 bits per heavy atom. The Morgan fingerprint density at radius 2 is 2.15 bits per heavy atom. The van der Waals surface area contributed by atoms with Crippen molar-refractivity contribution in [1.29, 1.82) is 0 Å². The molecule has 0 saturated carbocycles. The third-order valence-corrected chi connectivity index (χ3v) is 3.44. The van der Waals surface area contributed by atoms with Crippen LogP contribution in [0.1, 0.15) is 31.7 Å². The highest BCUT2D eigenvalue weighted by atomic mass is 16.5. The standard InChI is InChI=1S/C14H15N3O3/c1-8(2)9-4-3-5-10-12(9)20-16-13(10)17-7-6-11(18)15-14(17)19/h3-5,8H,6-7H2,1-2H3,(H,15,18,19). The highest BCUT2D eigenvalue weighted by molar-refractivity contribution is 6.08. The maximum atomic E-state index is 11.9. The summed E-state index contributed by atoms with van der Waals surface area (Å²) in [4.78, 5) is 24.5. The number of para-hydroxylation sites is 1. The van der Waals surface area contributed by atoms with Gasteiger partial charge in [0.2, 0.25) is 5.91 Å². The predicted octanol–water partition coefficient (Wildman–Crippen LogP) is 2.40. The average molecular weight is 273 g/mol. The molecule has 0 aliphatic carbocycles. The molecule has 20 heavy (non-hydrogen) atoms. The number of amides is 3. The summed E-state index contributed by atoms with van der Waals surface area (Å²) >= 11 is 0. The fourth-order valence-electron chi connectivity index (χ4n) is 2.39. The largest absolute Gasteiger partial charge is 0.354 e. The van der Waals surface area contributed by atoms with Gasteiger partial charge in [-0.3, -0.25) is 15.0 Å². The van der Waals surface area contributed by atoms with Gasteiger partial charge in [0, 0.05) is 18.5 Å². The summed E-state index contributed by atoms with van der Waals surface area (Å²) < 4.78 is 5.41. The summed E-state index contributed by atoms with van der Waals surface area (Å²) in [7, 11) is 0. The Morgan fingerprint density at radius 1 is 1.35 bits per heavy atom. The van der Waals surface area contributed by atoms with Crippen molar-refractivity contribution < 1.29 is 14.1 Å². The number of anilines is 1. The van der Waals surface area contributed by atoms with E-state index in [1.54, 1.807) is 0 Å². The summed E-state index contributed by atoms with van der Waals surface area (Å²) in [5.74, 6) is 0.505. The zero-order valence-electron chi connectivity index (χ0n) is 11.3. The Labute approximate surface area is 115 Å². The smallest absolute Gasteiger partial charge is 0.329 e. The molecule has 3 rings (SSSR count). The third kappa shape index (κ3) is 1.93. The van der Waals surface area contributed by atoms with E-state index in [1.807, 2.05) is 18.2 Å². The van der Waals surface area contributed by atoms with Crippen molar-refractivity contribution >= 4 is 28.7 Å². The van der Waals surface area contributed by atoms with Gasteiger partial charge in [0.25, 0.3) is 0 Å². The number of imide groups is 1. The number of fused-ring (bicyclic) bond motifs is 1. The molecule has 6 nitrogen and oxygen atoms in total. The van der Waals surface area contributed by atoms with Crippen LogP contribution in [0, 0.1) is 0 Å². The van der Waals surface area contributed by atoms with Crippen molar-refractivity contribution in [3.63, 3.8) is 0 Å². The molecule has 1 fully saturated rings. The summed E-state index contributed by atoms with van der Waals surface area (Å²) in [6.07, 6.45) is 0.268. The number of carbonyl (C=O) groups is 2. The second-order valence-corrected chi connectivity index (χ2v) is 5.14. The van der Waals surface area contributed by atoms with Crippen LogP contribution < -0.4 is 10.2 Å². The van der Waals surface area contributed by atoms with Crippen LogP contribution in [0.2, 0.25) is 0 Å². The van der Waals surface area contributed by atoms with Crippen LogP contribution >= 0.6 is 0 Å². The first-order valence-corrected chi connectivity index (χ1v) is 6.57. The second kappa shape index (κ2) is 4.63. The Kier molecular flexibility index (Phi) is 2.93. The molecule has 0 atom stereocenters. The molecular weight excluding hydrogens is 258 g/mol. The van der Waals surface area contributed by atoms with E-state index in [1.165, 1.54) is 4.90 Å². The number of benzene rings is 1. The first-order valence-electron chi connectivity index (χ1n) is 6.57. The van der Waals surface area contributed by atoms with Crippen molar-refractivity contribution in [3.05, 3.63) is 23.8 Å². The van der Waals surface area contributed by atoms with Crippen molar-refractivity contribution in [3.8, 4) is 0 Å². The number of hydrogen-bond donors (Lipinski definition) is 1. The number of nitrogens with one attached hydrogen (secondary N) is 1. The zero-order valence-corrected chi connectivity index (χ0v) is 11.3. The lowest BCUT2D eigenvalue weighted by atomic mass is 10.0. The van der Waals surface area contributed by atoms with E-state index in [0.717, 1.165) is 10.9 Å². The summed E-state index contributed by atoms with van der Waals surface area (Å²) in [6.45, 7) is 4.46. The Hall–Kier alpha value is -2.37. The van der Waals surface area contributed by atoms with Gasteiger partial charge in [0.15, 0.2) is 11.4 Å². The molecule has 2 heterocycles. The molecule has 1 saturated heterocycles. The molecule has 3 amide bonds. The maximum Gasteiger partial charge on any atom is 0.329 e. The summed E-state index contributed by atoms with van der Waals surface area (Å²) in [6, 6.07) is 5.33. The number of nitrogens with zero attached hydrogens (tertiary/aromatic N) is 2. The van der Waals surface area contributed by atoms with Gasteiger partial charge in [-0.15, -0.1) is 0 Å². The molecule has 0 unspecified atom stereocenters. The van der Waals surface area contributed by atoms with E-state index in [-0.39, 0.29) is 12.3 Å². The fraction of sp³-hybridized carbons (Fsp3) is 0.357.